The van der Waals surface area contributed by atoms with Crippen molar-refractivity contribution in [1.29, 1.82) is 0 Å². The Bertz CT molecular complexity index is 711. The Kier molecular flexibility index (Phi) is 3.83. The molecule has 1 fully saturated rings. The summed E-state index contributed by atoms with van der Waals surface area (Å²) in [7, 11) is 0. The summed E-state index contributed by atoms with van der Waals surface area (Å²) in [5.41, 5.74) is 4.52. The molecule has 2 aromatic rings. The van der Waals surface area contributed by atoms with Gasteiger partial charge in [0.25, 0.3) is 0 Å². The molecule has 0 aliphatic carbocycles. The van der Waals surface area contributed by atoms with E-state index in [0.717, 1.165) is 48.6 Å². The average Bonchev–Trinajstić information content (AvgIpc) is 2.96. The van der Waals surface area contributed by atoms with E-state index in [4.69, 9.17) is 4.74 Å². The van der Waals surface area contributed by atoms with E-state index in [1.165, 1.54) is 5.56 Å². The van der Waals surface area contributed by atoms with Crippen molar-refractivity contribution in [2.75, 3.05) is 19.7 Å². The summed E-state index contributed by atoms with van der Waals surface area (Å²) >= 11 is 0. The van der Waals surface area contributed by atoms with Gasteiger partial charge in [0.15, 0.2) is 0 Å². The lowest BCUT2D eigenvalue weighted by Crippen LogP contribution is -2.11. The van der Waals surface area contributed by atoms with Crippen LogP contribution in [0.15, 0.2) is 42.5 Å². The van der Waals surface area contributed by atoms with Crippen molar-refractivity contribution in [3.05, 3.63) is 53.6 Å². The molecule has 1 unspecified atom stereocenters. The summed E-state index contributed by atoms with van der Waals surface area (Å²) in [5, 5.41) is 13.4. The minimum absolute atomic E-state index is 0.457. The number of aliphatic hydroxyl groups excluding tert-OH is 1. The first-order valence-electron chi connectivity index (χ1n) is 8.49. The maximum atomic E-state index is 9.86. The summed E-state index contributed by atoms with van der Waals surface area (Å²) in [6.07, 6.45) is 0.654. The molecule has 0 radical (unpaired) electrons. The molecule has 3 atom stereocenters. The van der Waals surface area contributed by atoms with E-state index < -0.39 is 6.10 Å². The van der Waals surface area contributed by atoms with Gasteiger partial charge in [-0.15, -0.1) is 0 Å². The van der Waals surface area contributed by atoms with Crippen molar-refractivity contribution in [3.63, 3.8) is 0 Å². The van der Waals surface area contributed by atoms with Crippen molar-refractivity contribution < 1.29 is 9.84 Å². The van der Waals surface area contributed by atoms with Crippen LogP contribution in [0.4, 0.5) is 0 Å². The molecule has 0 aromatic heterocycles. The molecule has 0 spiro atoms. The molecular formula is C20H23NO2. The maximum Gasteiger partial charge on any atom is 0.130 e. The number of nitrogens with one attached hydrogen (secondary N) is 1. The van der Waals surface area contributed by atoms with Gasteiger partial charge < -0.3 is 15.2 Å². The van der Waals surface area contributed by atoms with E-state index in [-0.39, 0.29) is 0 Å². The summed E-state index contributed by atoms with van der Waals surface area (Å²) in [4.78, 5) is 0. The molecule has 0 saturated carbocycles. The minimum Gasteiger partial charge on any atom is -0.493 e. The zero-order valence-electron chi connectivity index (χ0n) is 13.5. The number of fused-ring (bicyclic) bond motifs is 3. The molecule has 2 aliphatic rings. The SMILES string of the molecule is CC(O)c1cccc(-c2cccc3c2OCC[C@H]2CNC[C@H]32)c1. The number of para-hydroxylation sites is 1. The Hall–Kier alpha value is -1.84. The van der Waals surface area contributed by atoms with Crippen molar-refractivity contribution in [1.82, 2.24) is 5.32 Å². The fourth-order valence-corrected chi connectivity index (χ4v) is 3.91. The van der Waals surface area contributed by atoms with Crippen LogP contribution in [0.3, 0.4) is 0 Å². The molecular weight excluding hydrogens is 286 g/mol. The minimum atomic E-state index is -0.457. The highest BCUT2D eigenvalue weighted by Crippen LogP contribution is 2.43. The van der Waals surface area contributed by atoms with Crippen LogP contribution in [0.1, 0.15) is 36.5 Å². The monoisotopic (exact) mass is 309 g/mol. The molecule has 2 aromatic carbocycles. The normalized spacial score (nSPS) is 24.3. The predicted molar refractivity (Wildman–Crippen MR) is 91.7 cm³/mol. The molecule has 2 N–H and O–H groups in total. The van der Waals surface area contributed by atoms with E-state index in [1.807, 2.05) is 12.1 Å². The second-order valence-electron chi connectivity index (χ2n) is 6.69. The number of hydrogen-bond donors (Lipinski definition) is 2. The molecule has 2 aliphatic heterocycles. The molecule has 23 heavy (non-hydrogen) atoms. The van der Waals surface area contributed by atoms with Gasteiger partial charge in [0.1, 0.15) is 5.75 Å². The van der Waals surface area contributed by atoms with Crippen LogP contribution in [0, 0.1) is 5.92 Å². The Labute approximate surface area is 137 Å². The Balaban J connectivity index is 1.82. The second-order valence-corrected chi connectivity index (χ2v) is 6.69. The number of rotatable bonds is 2. The molecule has 3 heteroatoms. The van der Waals surface area contributed by atoms with Crippen LogP contribution in [0.25, 0.3) is 11.1 Å². The highest BCUT2D eigenvalue weighted by molar-refractivity contribution is 5.73. The lowest BCUT2D eigenvalue weighted by Gasteiger charge is -2.18. The molecule has 2 heterocycles. The van der Waals surface area contributed by atoms with Crippen LogP contribution in [0.2, 0.25) is 0 Å². The zero-order chi connectivity index (χ0) is 15.8. The molecule has 1 saturated heterocycles. The van der Waals surface area contributed by atoms with Crippen LogP contribution in [-0.2, 0) is 0 Å². The van der Waals surface area contributed by atoms with E-state index >= 15 is 0 Å². The second kappa shape index (κ2) is 5.99. The van der Waals surface area contributed by atoms with Crippen LogP contribution in [0.5, 0.6) is 5.75 Å². The lowest BCUT2D eigenvalue weighted by atomic mass is 9.85. The number of hydrogen-bond acceptors (Lipinski definition) is 3. The van der Waals surface area contributed by atoms with Gasteiger partial charge in [0.05, 0.1) is 12.7 Å². The summed E-state index contributed by atoms with van der Waals surface area (Å²) in [6, 6.07) is 14.6. The third kappa shape index (κ3) is 2.64. The van der Waals surface area contributed by atoms with Crippen LogP contribution < -0.4 is 10.1 Å². The molecule has 0 amide bonds. The van der Waals surface area contributed by atoms with E-state index in [0.29, 0.717) is 11.8 Å². The van der Waals surface area contributed by atoms with Gasteiger partial charge in [-0.25, -0.2) is 0 Å². The quantitative estimate of drug-likeness (QED) is 0.892. The van der Waals surface area contributed by atoms with Gasteiger partial charge in [-0.1, -0.05) is 36.4 Å². The topological polar surface area (TPSA) is 41.5 Å². The van der Waals surface area contributed by atoms with Gasteiger partial charge in [-0.2, -0.15) is 0 Å². The average molecular weight is 309 g/mol. The first-order chi connectivity index (χ1) is 11.2. The van der Waals surface area contributed by atoms with E-state index in [1.54, 1.807) is 6.92 Å². The fraction of sp³-hybridized carbons (Fsp3) is 0.400. The van der Waals surface area contributed by atoms with Gasteiger partial charge in [0, 0.05) is 18.0 Å². The third-order valence-corrected chi connectivity index (χ3v) is 5.20. The first kappa shape index (κ1) is 14.7. The molecule has 0 bridgehead atoms. The number of aliphatic hydroxyl groups is 1. The van der Waals surface area contributed by atoms with Crippen LogP contribution >= 0.6 is 0 Å². The van der Waals surface area contributed by atoms with Gasteiger partial charge in [0.2, 0.25) is 0 Å². The lowest BCUT2D eigenvalue weighted by molar-refractivity contribution is 0.199. The predicted octanol–water partition coefficient (Wildman–Crippen LogP) is 3.49. The highest BCUT2D eigenvalue weighted by atomic mass is 16.5. The van der Waals surface area contributed by atoms with Crippen molar-refractivity contribution >= 4 is 0 Å². The van der Waals surface area contributed by atoms with E-state index in [9.17, 15) is 5.11 Å². The van der Waals surface area contributed by atoms with Crippen molar-refractivity contribution in [2.24, 2.45) is 5.92 Å². The molecule has 120 valence electrons. The number of benzene rings is 2. The maximum absolute atomic E-state index is 9.86. The molecule has 3 nitrogen and oxygen atoms in total. The van der Waals surface area contributed by atoms with Crippen molar-refractivity contribution in [2.45, 2.75) is 25.4 Å². The van der Waals surface area contributed by atoms with E-state index in [2.05, 4.69) is 35.6 Å². The largest absolute Gasteiger partial charge is 0.493 e. The van der Waals surface area contributed by atoms with Gasteiger partial charge in [-0.05, 0) is 48.6 Å². The van der Waals surface area contributed by atoms with Crippen LogP contribution in [-0.4, -0.2) is 24.8 Å². The Morgan fingerprint density at radius 3 is 2.91 bits per heavy atom. The van der Waals surface area contributed by atoms with Crippen molar-refractivity contribution in [3.8, 4) is 16.9 Å². The van der Waals surface area contributed by atoms with Gasteiger partial charge >= 0.3 is 0 Å². The molecule has 4 rings (SSSR count). The summed E-state index contributed by atoms with van der Waals surface area (Å²) in [6.45, 7) is 4.71. The first-order valence-corrected chi connectivity index (χ1v) is 8.49. The standard InChI is InChI=1S/C20H23NO2/c1-13(22)14-4-2-5-15(10-14)17-6-3-7-18-19-12-21-11-16(19)8-9-23-20(17)18/h2-7,10,13,16,19,21-22H,8-9,11-12H2,1H3/t13?,16-,19-/m0/s1. The Morgan fingerprint density at radius 1 is 1.17 bits per heavy atom. The number of ether oxygens (including phenoxy) is 1. The summed E-state index contributed by atoms with van der Waals surface area (Å²) in [5.74, 6) is 2.26. The zero-order valence-corrected chi connectivity index (χ0v) is 13.5. The highest BCUT2D eigenvalue weighted by Gasteiger charge is 2.33. The fourth-order valence-electron chi connectivity index (χ4n) is 3.91. The smallest absolute Gasteiger partial charge is 0.130 e. The third-order valence-electron chi connectivity index (χ3n) is 5.20. The Morgan fingerprint density at radius 2 is 2.04 bits per heavy atom. The summed E-state index contributed by atoms with van der Waals surface area (Å²) < 4.78 is 6.18. The van der Waals surface area contributed by atoms with Gasteiger partial charge in [-0.3, -0.25) is 0 Å².